The molecule has 0 radical (unpaired) electrons. The van der Waals surface area contributed by atoms with Crippen LogP contribution in [-0.2, 0) is 20.4 Å². The van der Waals surface area contributed by atoms with Crippen LogP contribution in [0.5, 0.6) is 23.0 Å². The predicted molar refractivity (Wildman–Crippen MR) is 250 cm³/mol. The van der Waals surface area contributed by atoms with Crippen LogP contribution in [0.3, 0.4) is 0 Å². The fourth-order valence-electron chi connectivity index (χ4n) is 9.04. The van der Waals surface area contributed by atoms with E-state index >= 15 is 9.59 Å². The van der Waals surface area contributed by atoms with Gasteiger partial charge in [-0.3, -0.25) is 9.59 Å². The van der Waals surface area contributed by atoms with Gasteiger partial charge in [-0.05, 0) is 95.8 Å². The number of rotatable bonds is 17. The standard InChI is InChI=1S/C56H44N2O6/c1-5-37-61-45-27-19-41(20-28-45)55(42-21-29-46(30-22-42)62-38-6-2)49-15-9-11-17-51(49)57(53(55)59)35-13-14-36-58-52-18-12-10-16-50(52)56(54(58)60,43-23-31-47(32-24-43)63-39-7-3)44-25-33-48(34-26-44)64-40-8-4/h1-4,9-12,15-34H,13-14,35-40H2. The van der Waals surface area contributed by atoms with Crippen molar-refractivity contribution in [2.75, 3.05) is 49.3 Å². The van der Waals surface area contributed by atoms with Crippen LogP contribution in [0.1, 0.15) is 46.2 Å². The number of anilines is 2. The summed E-state index contributed by atoms with van der Waals surface area (Å²) in [6, 6.07) is 45.9. The van der Waals surface area contributed by atoms with Crippen LogP contribution in [0.15, 0.2) is 146 Å². The number of ether oxygens (including phenoxy) is 4. The van der Waals surface area contributed by atoms with Crippen LogP contribution in [0.25, 0.3) is 0 Å². The topological polar surface area (TPSA) is 77.5 Å². The molecule has 0 saturated heterocycles. The molecule has 6 aromatic rings. The molecule has 0 N–H and O–H groups in total. The maximum Gasteiger partial charge on any atom is 0.246 e. The Kier molecular flexibility index (Phi) is 12.4. The van der Waals surface area contributed by atoms with E-state index in [1.165, 1.54) is 0 Å². The molecule has 64 heavy (non-hydrogen) atoms. The molecule has 0 spiro atoms. The van der Waals surface area contributed by atoms with Crippen molar-refractivity contribution in [2.24, 2.45) is 0 Å². The second-order valence-corrected chi connectivity index (χ2v) is 15.2. The summed E-state index contributed by atoms with van der Waals surface area (Å²) in [5, 5.41) is 0. The van der Waals surface area contributed by atoms with Crippen molar-refractivity contribution in [3.8, 4) is 72.4 Å². The van der Waals surface area contributed by atoms with Crippen molar-refractivity contribution in [3.63, 3.8) is 0 Å². The lowest BCUT2D eigenvalue weighted by atomic mass is 9.70. The number of hydrogen-bond donors (Lipinski definition) is 0. The second-order valence-electron chi connectivity index (χ2n) is 15.2. The first-order chi connectivity index (χ1) is 31.4. The molecular formula is C56H44N2O6. The summed E-state index contributed by atoms with van der Waals surface area (Å²) in [7, 11) is 0. The minimum atomic E-state index is -1.18. The highest BCUT2D eigenvalue weighted by Gasteiger charge is 2.54. The molecule has 2 amide bonds. The van der Waals surface area contributed by atoms with Crippen LogP contribution in [0.2, 0.25) is 0 Å². The van der Waals surface area contributed by atoms with Gasteiger partial charge in [-0.15, -0.1) is 25.7 Å². The number of amides is 2. The van der Waals surface area contributed by atoms with Gasteiger partial charge in [0.05, 0.1) is 0 Å². The van der Waals surface area contributed by atoms with E-state index in [1.54, 1.807) is 0 Å². The number of para-hydroxylation sites is 2. The summed E-state index contributed by atoms with van der Waals surface area (Å²) in [5.41, 5.74) is 4.09. The summed E-state index contributed by atoms with van der Waals surface area (Å²) < 4.78 is 22.8. The second kappa shape index (κ2) is 18.8. The molecule has 2 heterocycles. The van der Waals surface area contributed by atoms with Gasteiger partial charge in [-0.1, -0.05) is 109 Å². The highest BCUT2D eigenvalue weighted by molar-refractivity contribution is 6.14. The van der Waals surface area contributed by atoms with Crippen LogP contribution < -0.4 is 28.7 Å². The van der Waals surface area contributed by atoms with E-state index in [0.29, 0.717) is 48.9 Å². The molecule has 0 aliphatic carbocycles. The number of benzene rings is 6. The third-order valence-corrected chi connectivity index (χ3v) is 11.8. The third-order valence-electron chi connectivity index (χ3n) is 11.8. The van der Waals surface area contributed by atoms with E-state index in [2.05, 4.69) is 23.7 Å². The fourth-order valence-corrected chi connectivity index (χ4v) is 9.04. The van der Waals surface area contributed by atoms with Crippen molar-refractivity contribution >= 4 is 23.2 Å². The number of carbonyl (C=O) groups excluding carboxylic acids is 2. The zero-order valence-electron chi connectivity index (χ0n) is 35.2. The number of carbonyl (C=O) groups is 2. The molecule has 0 bridgehead atoms. The average Bonchev–Trinajstić information content (AvgIpc) is 3.74. The van der Waals surface area contributed by atoms with E-state index in [0.717, 1.165) is 44.8 Å². The van der Waals surface area contributed by atoms with Crippen molar-refractivity contribution in [3.05, 3.63) is 179 Å². The molecule has 6 aromatic carbocycles. The van der Waals surface area contributed by atoms with Gasteiger partial charge in [0.25, 0.3) is 0 Å². The Balaban J connectivity index is 1.10. The SMILES string of the molecule is C#CCOc1ccc(C2(c3ccc(OCC#C)cc3)C(=O)N(CCCCN3C(=O)C(c4ccc(OCC#C)cc4)(c4ccc(OCC#C)cc4)c4ccccc43)c3ccccc32)cc1. The van der Waals surface area contributed by atoms with E-state index in [4.69, 9.17) is 44.6 Å². The molecule has 0 aromatic heterocycles. The van der Waals surface area contributed by atoms with E-state index < -0.39 is 10.8 Å². The first kappa shape index (κ1) is 42.4. The van der Waals surface area contributed by atoms with Gasteiger partial charge < -0.3 is 28.7 Å². The molecule has 0 unspecified atom stereocenters. The van der Waals surface area contributed by atoms with Crippen LogP contribution in [0, 0.1) is 49.4 Å². The lowest BCUT2D eigenvalue weighted by Crippen LogP contribution is -2.43. The Morgan fingerprint density at radius 2 is 0.656 bits per heavy atom. The van der Waals surface area contributed by atoms with Crippen molar-refractivity contribution < 1.29 is 28.5 Å². The van der Waals surface area contributed by atoms with Crippen molar-refractivity contribution in [1.82, 2.24) is 0 Å². The summed E-state index contributed by atoms with van der Waals surface area (Å²) in [5.74, 6) is 12.2. The van der Waals surface area contributed by atoms with Gasteiger partial charge in [0.2, 0.25) is 11.8 Å². The molecule has 8 rings (SSSR count). The first-order valence-corrected chi connectivity index (χ1v) is 20.9. The smallest absolute Gasteiger partial charge is 0.246 e. The minimum Gasteiger partial charge on any atom is -0.481 e. The molecule has 2 aliphatic rings. The molecule has 0 saturated carbocycles. The number of fused-ring (bicyclic) bond motifs is 2. The monoisotopic (exact) mass is 840 g/mol. The molecule has 8 nitrogen and oxygen atoms in total. The first-order valence-electron chi connectivity index (χ1n) is 20.9. The molecule has 2 aliphatic heterocycles. The van der Waals surface area contributed by atoms with Gasteiger partial charge in [0, 0.05) is 35.6 Å². The normalized spacial score (nSPS) is 14.0. The molecule has 0 fully saturated rings. The lowest BCUT2D eigenvalue weighted by molar-refractivity contribution is -0.121. The zero-order chi connectivity index (χ0) is 44.5. The summed E-state index contributed by atoms with van der Waals surface area (Å²) in [6.45, 7) is 1.33. The van der Waals surface area contributed by atoms with Gasteiger partial charge in [-0.25, -0.2) is 0 Å². The highest BCUT2D eigenvalue weighted by atomic mass is 16.5. The fraction of sp³-hybridized carbons (Fsp3) is 0.179. The van der Waals surface area contributed by atoms with E-state index in [-0.39, 0.29) is 38.2 Å². The predicted octanol–water partition coefficient (Wildman–Crippen LogP) is 8.58. The van der Waals surface area contributed by atoms with Crippen molar-refractivity contribution in [1.29, 1.82) is 0 Å². The quantitative estimate of drug-likeness (QED) is 0.0677. The van der Waals surface area contributed by atoms with Gasteiger partial charge >= 0.3 is 0 Å². The molecular weight excluding hydrogens is 797 g/mol. The molecule has 8 heteroatoms. The Bertz CT molecular complexity index is 2500. The number of terminal acetylenes is 4. The Morgan fingerprint density at radius 1 is 0.391 bits per heavy atom. The highest BCUT2D eigenvalue weighted by Crippen LogP contribution is 2.52. The molecule has 0 atom stereocenters. The van der Waals surface area contributed by atoms with Crippen molar-refractivity contribution in [2.45, 2.75) is 23.7 Å². The van der Waals surface area contributed by atoms with E-state index in [1.807, 2.05) is 155 Å². The summed E-state index contributed by atoms with van der Waals surface area (Å²) in [4.78, 5) is 34.4. The summed E-state index contributed by atoms with van der Waals surface area (Å²) in [6.07, 6.45) is 23.0. The van der Waals surface area contributed by atoms with Crippen LogP contribution >= 0.6 is 0 Å². The Morgan fingerprint density at radius 3 is 0.922 bits per heavy atom. The van der Waals surface area contributed by atoms with Crippen LogP contribution in [-0.4, -0.2) is 51.3 Å². The maximum absolute atomic E-state index is 15.3. The third kappa shape index (κ3) is 7.53. The number of hydrogen-bond acceptors (Lipinski definition) is 6. The van der Waals surface area contributed by atoms with Gasteiger partial charge in [0.1, 0.15) is 60.3 Å². The maximum atomic E-state index is 15.3. The zero-order valence-corrected chi connectivity index (χ0v) is 35.2. The Hall–Kier alpha value is -8.30. The molecule has 314 valence electrons. The van der Waals surface area contributed by atoms with Gasteiger partial charge in [-0.2, -0.15) is 0 Å². The average molecular weight is 841 g/mol. The number of unbranched alkanes of at least 4 members (excludes halogenated alkanes) is 1. The van der Waals surface area contributed by atoms with Gasteiger partial charge in [0.15, 0.2) is 0 Å². The van der Waals surface area contributed by atoms with Crippen LogP contribution in [0.4, 0.5) is 11.4 Å². The largest absolute Gasteiger partial charge is 0.481 e. The Labute approximate surface area is 374 Å². The minimum absolute atomic E-state index is 0.0887. The lowest BCUT2D eigenvalue weighted by Gasteiger charge is -2.31. The van der Waals surface area contributed by atoms with E-state index in [9.17, 15) is 0 Å². The summed E-state index contributed by atoms with van der Waals surface area (Å²) >= 11 is 0. The number of nitrogens with zero attached hydrogens (tertiary/aromatic N) is 2.